The van der Waals surface area contributed by atoms with E-state index in [-0.39, 0.29) is 16.8 Å². The molecule has 2 aromatic carbocycles. The lowest BCUT2D eigenvalue weighted by molar-refractivity contribution is 0.0909. The summed E-state index contributed by atoms with van der Waals surface area (Å²) in [6.07, 6.45) is 0.967. The van der Waals surface area contributed by atoms with Crippen molar-refractivity contribution in [1.82, 2.24) is 9.55 Å². The van der Waals surface area contributed by atoms with E-state index >= 15 is 0 Å². The summed E-state index contributed by atoms with van der Waals surface area (Å²) >= 11 is 7.38. The zero-order valence-electron chi connectivity index (χ0n) is 19.6. The fourth-order valence-electron chi connectivity index (χ4n) is 4.55. The maximum atomic E-state index is 14.0. The minimum Gasteiger partial charge on any atom is -0.495 e. The molecule has 6 nitrogen and oxygen atoms in total. The highest BCUT2D eigenvalue weighted by Crippen LogP contribution is 2.38. The van der Waals surface area contributed by atoms with Crippen molar-refractivity contribution in [2.24, 2.45) is 5.41 Å². The van der Waals surface area contributed by atoms with Crippen molar-refractivity contribution < 1.29 is 9.53 Å². The average Bonchev–Trinajstić information content (AvgIpc) is 3.28. The number of nitrogens with two attached hydrogens (primary N) is 1. The number of aromatic nitrogens is 2. The minimum atomic E-state index is -0.281. The van der Waals surface area contributed by atoms with E-state index in [1.807, 2.05) is 31.4 Å². The molecule has 0 unspecified atom stereocenters. The standard InChI is InChI=1S/C27H24ClN3O3S/c1-27(2)12-22-18(23(32)13-27)11-19(25-30-20(14-35-25)15-4-6-16(28)7-5-15)26(33)31(22)21-10-17(29)8-9-24(21)34-3/h4-11,14H,12-13,29H2,1-3H3. The molecule has 5 rings (SSSR count). The van der Waals surface area contributed by atoms with Crippen LogP contribution in [0.4, 0.5) is 5.69 Å². The predicted molar refractivity (Wildman–Crippen MR) is 141 cm³/mol. The first-order chi connectivity index (χ1) is 16.7. The van der Waals surface area contributed by atoms with Crippen LogP contribution in [0.5, 0.6) is 5.75 Å². The number of Topliss-reactive ketones (excluding diaryl/α,β-unsaturated/α-hetero) is 1. The van der Waals surface area contributed by atoms with Gasteiger partial charge in [0.1, 0.15) is 10.8 Å². The van der Waals surface area contributed by atoms with Crippen molar-refractivity contribution in [3.05, 3.63) is 80.5 Å². The lowest BCUT2D eigenvalue weighted by Crippen LogP contribution is -2.35. The number of ketones is 1. The van der Waals surface area contributed by atoms with Crippen LogP contribution in [0.2, 0.25) is 5.02 Å². The number of thiazole rings is 1. The van der Waals surface area contributed by atoms with E-state index < -0.39 is 0 Å². The Hall–Kier alpha value is -3.42. The van der Waals surface area contributed by atoms with E-state index in [4.69, 9.17) is 27.1 Å². The van der Waals surface area contributed by atoms with Gasteiger partial charge in [-0.3, -0.25) is 14.2 Å². The van der Waals surface area contributed by atoms with Gasteiger partial charge < -0.3 is 10.5 Å². The quantitative estimate of drug-likeness (QED) is 0.342. The number of nitrogens with zero attached hydrogens (tertiary/aromatic N) is 2. The van der Waals surface area contributed by atoms with Crippen LogP contribution >= 0.6 is 22.9 Å². The summed E-state index contributed by atoms with van der Waals surface area (Å²) in [5.41, 5.74) is 9.74. The number of rotatable bonds is 4. The molecule has 35 heavy (non-hydrogen) atoms. The van der Waals surface area contributed by atoms with Gasteiger partial charge in [0.05, 0.1) is 24.1 Å². The van der Waals surface area contributed by atoms with Crippen LogP contribution in [0.1, 0.15) is 36.3 Å². The zero-order chi connectivity index (χ0) is 24.9. The number of anilines is 1. The third-order valence-corrected chi connectivity index (χ3v) is 7.33. The van der Waals surface area contributed by atoms with E-state index in [1.165, 1.54) is 11.3 Å². The van der Waals surface area contributed by atoms with Gasteiger partial charge in [-0.2, -0.15) is 0 Å². The lowest BCUT2D eigenvalue weighted by Gasteiger charge is -2.32. The number of fused-ring (bicyclic) bond motifs is 1. The van der Waals surface area contributed by atoms with Crippen molar-refractivity contribution in [3.8, 4) is 33.3 Å². The zero-order valence-corrected chi connectivity index (χ0v) is 21.2. The number of benzene rings is 2. The Morgan fingerprint density at radius 2 is 1.80 bits per heavy atom. The Morgan fingerprint density at radius 1 is 1.06 bits per heavy atom. The summed E-state index contributed by atoms with van der Waals surface area (Å²) in [6.45, 7) is 4.07. The molecule has 8 heteroatoms. The third-order valence-electron chi connectivity index (χ3n) is 6.21. The van der Waals surface area contributed by atoms with Crippen LogP contribution in [0.3, 0.4) is 0 Å². The number of carbonyl (C=O) groups is 1. The molecular formula is C27H24ClN3O3S. The summed E-state index contributed by atoms with van der Waals surface area (Å²) in [6, 6.07) is 14.2. The molecule has 0 radical (unpaired) electrons. The molecule has 0 spiro atoms. The maximum absolute atomic E-state index is 14.0. The van der Waals surface area contributed by atoms with Gasteiger partial charge in [0, 0.05) is 39.3 Å². The van der Waals surface area contributed by atoms with E-state index in [0.29, 0.717) is 56.8 Å². The monoisotopic (exact) mass is 505 g/mol. The fourth-order valence-corrected chi connectivity index (χ4v) is 5.52. The Labute approximate surface area is 212 Å². The molecule has 178 valence electrons. The SMILES string of the molecule is COc1ccc(N)cc1-n1c2c(cc(-c3nc(-c4ccc(Cl)cc4)cs3)c1=O)C(=O)CC(C)(C)C2. The molecule has 0 atom stereocenters. The van der Waals surface area contributed by atoms with Crippen LogP contribution in [-0.2, 0) is 6.42 Å². The highest BCUT2D eigenvalue weighted by atomic mass is 35.5. The van der Waals surface area contributed by atoms with Crippen LogP contribution in [0.15, 0.2) is 58.7 Å². The lowest BCUT2D eigenvalue weighted by atomic mass is 9.75. The first-order valence-electron chi connectivity index (χ1n) is 11.1. The molecule has 2 N–H and O–H groups in total. The summed E-state index contributed by atoms with van der Waals surface area (Å²) in [5, 5.41) is 3.07. The number of carbonyl (C=O) groups excluding carboxylic acids is 1. The van der Waals surface area contributed by atoms with Gasteiger partial charge in [-0.25, -0.2) is 4.98 Å². The maximum Gasteiger partial charge on any atom is 0.265 e. The van der Waals surface area contributed by atoms with E-state index in [0.717, 1.165) is 11.3 Å². The van der Waals surface area contributed by atoms with Gasteiger partial charge in [0.15, 0.2) is 5.78 Å². The van der Waals surface area contributed by atoms with Gasteiger partial charge in [-0.15, -0.1) is 11.3 Å². The number of ether oxygens (including phenoxy) is 1. The van der Waals surface area contributed by atoms with Gasteiger partial charge >= 0.3 is 0 Å². The Bertz CT molecular complexity index is 1520. The van der Waals surface area contributed by atoms with Crippen LogP contribution < -0.4 is 16.0 Å². The van der Waals surface area contributed by atoms with Crippen molar-refractivity contribution in [2.45, 2.75) is 26.7 Å². The molecule has 1 aliphatic carbocycles. The van der Waals surface area contributed by atoms with Gasteiger partial charge in [-0.1, -0.05) is 37.6 Å². The highest BCUT2D eigenvalue weighted by molar-refractivity contribution is 7.13. The van der Waals surface area contributed by atoms with Crippen molar-refractivity contribution in [2.75, 3.05) is 12.8 Å². The van der Waals surface area contributed by atoms with Gasteiger partial charge in [0.25, 0.3) is 5.56 Å². The normalized spacial score (nSPS) is 14.6. The van der Waals surface area contributed by atoms with Crippen molar-refractivity contribution in [3.63, 3.8) is 0 Å². The molecule has 0 fully saturated rings. The fraction of sp³-hybridized carbons (Fsp3) is 0.222. The topological polar surface area (TPSA) is 87.2 Å². The predicted octanol–water partition coefficient (Wildman–Crippen LogP) is 6.03. The number of nitrogen functional groups attached to an aromatic ring is 1. The van der Waals surface area contributed by atoms with Gasteiger partial charge in [-0.05, 0) is 48.2 Å². The summed E-state index contributed by atoms with van der Waals surface area (Å²) < 4.78 is 7.16. The van der Waals surface area contributed by atoms with Crippen LogP contribution in [-0.4, -0.2) is 22.4 Å². The first kappa shape index (κ1) is 23.3. The largest absolute Gasteiger partial charge is 0.495 e. The molecule has 4 aromatic rings. The molecule has 0 aliphatic heterocycles. The molecular weight excluding hydrogens is 482 g/mol. The molecule has 2 aromatic heterocycles. The molecule has 0 amide bonds. The molecule has 0 bridgehead atoms. The van der Waals surface area contributed by atoms with E-state index in [1.54, 1.807) is 48.1 Å². The second-order valence-corrected chi connectivity index (χ2v) is 10.8. The third kappa shape index (κ3) is 4.26. The number of pyridine rings is 1. The molecule has 1 aliphatic rings. The summed E-state index contributed by atoms with van der Waals surface area (Å²) in [5.74, 6) is 0.501. The highest BCUT2D eigenvalue weighted by Gasteiger charge is 2.35. The van der Waals surface area contributed by atoms with Crippen LogP contribution in [0.25, 0.3) is 27.5 Å². The minimum absolute atomic E-state index is 0.00333. The second kappa shape index (κ2) is 8.66. The van der Waals surface area contributed by atoms with E-state index in [9.17, 15) is 9.59 Å². The van der Waals surface area contributed by atoms with Crippen LogP contribution in [0, 0.1) is 5.41 Å². The Kier molecular flexibility index (Phi) is 5.77. The number of hydrogen-bond donors (Lipinski definition) is 1. The Morgan fingerprint density at radius 3 is 2.51 bits per heavy atom. The first-order valence-corrected chi connectivity index (χ1v) is 12.4. The molecule has 2 heterocycles. The average molecular weight is 506 g/mol. The van der Waals surface area contributed by atoms with Crippen molar-refractivity contribution in [1.29, 1.82) is 0 Å². The Balaban J connectivity index is 1.76. The van der Waals surface area contributed by atoms with Gasteiger partial charge in [0.2, 0.25) is 0 Å². The number of hydrogen-bond acceptors (Lipinski definition) is 6. The summed E-state index contributed by atoms with van der Waals surface area (Å²) in [7, 11) is 1.55. The number of halogens is 1. The molecule has 0 saturated carbocycles. The second-order valence-electron chi connectivity index (χ2n) is 9.48. The van der Waals surface area contributed by atoms with Crippen molar-refractivity contribution >= 4 is 34.4 Å². The number of methoxy groups -OCH3 is 1. The summed E-state index contributed by atoms with van der Waals surface area (Å²) in [4.78, 5) is 32.0. The van der Waals surface area contributed by atoms with E-state index in [2.05, 4.69) is 0 Å². The smallest absolute Gasteiger partial charge is 0.265 e. The molecule has 0 saturated heterocycles.